The molecule has 1 N–H and O–H groups in total. The average molecular weight is 475 g/mol. The zero-order valence-electron chi connectivity index (χ0n) is 18.4. The lowest BCUT2D eigenvalue weighted by Gasteiger charge is -2.29. The molecule has 0 radical (unpaired) electrons. The molecule has 1 aromatic carbocycles. The van der Waals surface area contributed by atoms with Gasteiger partial charge in [0.05, 0.1) is 16.9 Å². The monoisotopic (exact) mass is 475 g/mol. The number of anilines is 1. The Bertz CT molecular complexity index is 1190. The summed E-state index contributed by atoms with van der Waals surface area (Å²) in [6.07, 6.45) is 2.30. The third-order valence-electron chi connectivity index (χ3n) is 5.32. The molecule has 3 aromatic rings. The molecule has 1 unspecified atom stereocenters. The fourth-order valence-corrected chi connectivity index (χ4v) is 3.52. The molecule has 1 amide bonds. The van der Waals surface area contributed by atoms with E-state index in [1.54, 1.807) is 0 Å². The number of aromatic nitrogens is 4. The van der Waals surface area contributed by atoms with Crippen molar-refractivity contribution in [1.29, 1.82) is 0 Å². The van der Waals surface area contributed by atoms with E-state index in [1.165, 1.54) is 12.4 Å². The Balaban J connectivity index is 1.76. The molecule has 11 heteroatoms. The van der Waals surface area contributed by atoms with E-state index in [4.69, 9.17) is 4.74 Å². The molecule has 3 heterocycles. The first-order valence-electron chi connectivity index (χ1n) is 10.6. The Kier molecular flexibility index (Phi) is 6.56. The Morgan fingerprint density at radius 3 is 2.53 bits per heavy atom. The first-order valence-corrected chi connectivity index (χ1v) is 10.6. The largest absolute Gasteiger partial charge is 0.366 e. The van der Waals surface area contributed by atoms with Crippen LogP contribution in [0.1, 0.15) is 60.6 Å². The smallest absolute Gasteiger partial charge is 0.271 e. The van der Waals surface area contributed by atoms with Crippen molar-refractivity contribution < 1.29 is 27.1 Å². The van der Waals surface area contributed by atoms with Gasteiger partial charge in [0.15, 0.2) is 0 Å². The van der Waals surface area contributed by atoms with Gasteiger partial charge in [-0.25, -0.2) is 37.5 Å². The minimum atomic E-state index is -2.99. The van der Waals surface area contributed by atoms with Gasteiger partial charge in [0, 0.05) is 30.3 Å². The maximum absolute atomic E-state index is 14.6. The fourth-order valence-electron chi connectivity index (χ4n) is 3.52. The fraction of sp³-hybridized carbons (Fsp3) is 0.348. The Hall–Kier alpha value is -3.47. The molecular formula is C23H21F4N5O2. The second-order valence-corrected chi connectivity index (χ2v) is 8.24. The number of hydrogen-bond acceptors (Lipinski definition) is 6. The normalized spacial score (nSPS) is 17.6. The molecule has 1 aliphatic heterocycles. The third kappa shape index (κ3) is 5.04. The van der Waals surface area contributed by atoms with Crippen LogP contribution in [0.15, 0.2) is 36.9 Å². The van der Waals surface area contributed by atoms with Crippen LogP contribution < -0.4 is 5.32 Å². The van der Waals surface area contributed by atoms with Crippen LogP contribution in [0, 0.1) is 11.6 Å². The summed E-state index contributed by atoms with van der Waals surface area (Å²) in [5.41, 5.74) is -0.235. The summed E-state index contributed by atoms with van der Waals surface area (Å²) in [5.74, 6) is -4.57. The molecule has 2 aromatic heterocycles. The first kappa shape index (κ1) is 23.7. The van der Waals surface area contributed by atoms with Crippen LogP contribution >= 0.6 is 0 Å². The van der Waals surface area contributed by atoms with Crippen molar-refractivity contribution in [3.8, 4) is 11.3 Å². The summed E-state index contributed by atoms with van der Waals surface area (Å²) < 4.78 is 61.1. The van der Waals surface area contributed by atoms with E-state index in [0.717, 1.165) is 24.5 Å². The standard InChI is InChI=1S/C23H21F4N5O2/c1-12(2)21-28-8-13(9-29-21)22(33)32-20-18(15-7-14(24)3-4-16(15)25)30-11-31-19(20)17-5-6-23(26,27)10-34-17/h3-4,7-9,11-12,17H,5-6,10H2,1-2H3,(H,32,33). The summed E-state index contributed by atoms with van der Waals surface area (Å²) in [4.78, 5) is 29.5. The predicted molar refractivity (Wildman–Crippen MR) is 114 cm³/mol. The number of alkyl halides is 2. The van der Waals surface area contributed by atoms with Crippen molar-refractivity contribution in [3.63, 3.8) is 0 Å². The SMILES string of the molecule is CC(C)c1ncc(C(=O)Nc2c(-c3cc(F)ccc3F)ncnc2C2CCC(F)(F)CO2)cn1. The maximum Gasteiger partial charge on any atom is 0.271 e. The lowest BCUT2D eigenvalue weighted by atomic mass is 10.00. The lowest BCUT2D eigenvalue weighted by Crippen LogP contribution is -2.32. The molecule has 0 aliphatic carbocycles. The van der Waals surface area contributed by atoms with Crippen LogP contribution in [0.5, 0.6) is 0 Å². The van der Waals surface area contributed by atoms with Crippen LogP contribution in [-0.4, -0.2) is 38.4 Å². The molecule has 1 atom stereocenters. The van der Waals surface area contributed by atoms with Crippen LogP contribution in [0.25, 0.3) is 11.3 Å². The van der Waals surface area contributed by atoms with E-state index in [1.807, 2.05) is 13.8 Å². The van der Waals surface area contributed by atoms with Crippen molar-refractivity contribution in [1.82, 2.24) is 19.9 Å². The van der Waals surface area contributed by atoms with E-state index in [9.17, 15) is 22.4 Å². The van der Waals surface area contributed by atoms with Crippen molar-refractivity contribution in [2.75, 3.05) is 11.9 Å². The van der Waals surface area contributed by atoms with Gasteiger partial charge in [-0.3, -0.25) is 4.79 Å². The molecule has 4 rings (SSSR count). The number of benzene rings is 1. The van der Waals surface area contributed by atoms with Gasteiger partial charge in [-0.15, -0.1) is 0 Å². The molecular weight excluding hydrogens is 454 g/mol. The number of nitrogens with zero attached hydrogens (tertiary/aromatic N) is 4. The van der Waals surface area contributed by atoms with Gasteiger partial charge < -0.3 is 10.1 Å². The number of amides is 1. The molecule has 0 saturated carbocycles. The maximum atomic E-state index is 14.6. The average Bonchev–Trinajstić information content (AvgIpc) is 2.81. The molecule has 1 fully saturated rings. The number of ether oxygens (including phenoxy) is 1. The lowest BCUT2D eigenvalue weighted by molar-refractivity contribution is -0.146. The van der Waals surface area contributed by atoms with Gasteiger partial charge in [0.25, 0.3) is 11.8 Å². The quantitative estimate of drug-likeness (QED) is 0.518. The summed E-state index contributed by atoms with van der Waals surface area (Å²) >= 11 is 0. The molecule has 7 nitrogen and oxygen atoms in total. The van der Waals surface area contributed by atoms with Gasteiger partial charge in [-0.05, 0) is 24.6 Å². The predicted octanol–water partition coefficient (Wildman–Crippen LogP) is 5.07. The molecule has 178 valence electrons. The van der Waals surface area contributed by atoms with Crippen molar-refractivity contribution in [2.24, 2.45) is 0 Å². The van der Waals surface area contributed by atoms with Crippen LogP contribution in [-0.2, 0) is 4.74 Å². The van der Waals surface area contributed by atoms with E-state index >= 15 is 0 Å². The highest BCUT2D eigenvalue weighted by Gasteiger charge is 2.38. The highest BCUT2D eigenvalue weighted by molar-refractivity contribution is 6.06. The van der Waals surface area contributed by atoms with E-state index in [-0.39, 0.29) is 40.5 Å². The minimum Gasteiger partial charge on any atom is -0.366 e. The zero-order valence-corrected chi connectivity index (χ0v) is 18.4. The second kappa shape index (κ2) is 9.41. The number of rotatable bonds is 5. The van der Waals surface area contributed by atoms with E-state index in [2.05, 4.69) is 25.3 Å². The Morgan fingerprint density at radius 2 is 1.88 bits per heavy atom. The summed E-state index contributed by atoms with van der Waals surface area (Å²) in [6, 6.07) is 2.79. The number of carbonyl (C=O) groups excluding carboxylic acids is 1. The highest BCUT2D eigenvalue weighted by Crippen LogP contribution is 2.40. The summed E-state index contributed by atoms with van der Waals surface area (Å²) in [5, 5.41) is 2.61. The van der Waals surface area contributed by atoms with Gasteiger partial charge in [-0.1, -0.05) is 13.8 Å². The summed E-state index contributed by atoms with van der Waals surface area (Å²) in [7, 11) is 0. The van der Waals surface area contributed by atoms with E-state index < -0.39 is 42.6 Å². The third-order valence-corrected chi connectivity index (χ3v) is 5.32. The minimum absolute atomic E-state index is 0.0513. The van der Waals surface area contributed by atoms with Gasteiger partial charge in [0.2, 0.25) is 0 Å². The first-order chi connectivity index (χ1) is 16.1. The molecule has 34 heavy (non-hydrogen) atoms. The second-order valence-electron chi connectivity index (χ2n) is 8.24. The van der Waals surface area contributed by atoms with Crippen molar-refractivity contribution in [2.45, 2.75) is 44.6 Å². The number of halogens is 4. The van der Waals surface area contributed by atoms with Crippen LogP contribution in [0.4, 0.5) is 23.2 Å². The topological polar surface area (TPSA) is 89.9 Å². The molecule has 0 bridgehead atoms. The van der Waals surface area contributed by atoms with Crippen LogP contribution in [0.2, 0.25) is 0 Å². The zero-order chi connectivity index (χ0) is 24.5. The van der Waals surface area contributed by atoms with Crippen molar-refractivity contribution in [3.05, 3.63) is 65.6 Å². The number of carbonyl (C=O) groups is 1. The molecule has 1 saturated heterocycles. The van der Waals surface area contributed by atoms with Gasteiger partial charge >= 0.3 is 0 Å². The summed E-state index contributed by atoms with van der Waals surface area (Å²) in [6.45, 7) is 2.97. The highest BCUT2D eigenvalue weighted by atomic mass is 19.3. The molecule has 1 aliphatic rings. The Morgan fingerprint density at radius 1 is 1.15 bits per heavy atom. The number of nitrogens with one attached hydrogen (secondary N) is 1. The number of hydrogen-bond donors (Lipinski definition) is 1. The van der Waals surface area contributed by atoms with Gasteiger partial charge in [0.1, 0.15) is 42.2 Å². The van der Waals surface area contributed by atoms with Crippen LogP contribution in [0.3, 0.4) is 0 Å². The van der Waals surface area contributed by atoms with Crippen molar-refractivity contribution >= 4 is 11.6 Å². The van der Waals surface area contributed by atoms with E-state index in [0.29, 0.717) is 5.82 Å². The van der Waals surface area contributed by atoms with Gasteiger partial charge in [-0.2, -0.15) is 0 Å². The Labute approximate surface area is 192 Å². The molecule has 0 spiro atoms.